The maximum atomic E-state index is 15.1. The van der Waals surface area contributed by atoms with Crippen LogP contribution in [0.25, 0.3) is 11.3 Å². The summed E-state index contributed by atoms with van der Waals surface area (Å²) in [6.07, 6.45) is 4.38. The van der Waals surface area contributed by atoms with Crippen molar-refractivity contribution < 1.29 is 14.3 Å². The number of nitrogens with zero attached hydrogens (tertiary/aromatic N) is 5. The number of aryl methyl sites for hydroxylation is 1. The van der Waals surface area contributed by atoms with Crippen LogP contribution in [-0.4, -0.2) is 49.6 Å². The van der Waals surface area contributed by atoms with E-state index in [9.17, 15) is 5.11 Å². The quantitative estimate of drug-likeness (QED) is 0.0813. The average Bonchev–Trinajstić information content (AvgIpc) is 3.62. The van der Waals surface area contributed by atoms with Crippen molar-refractivity contribution in [2.45, 2.75) is 78.2 Å². The monoisotopic (exact) mass is 863 g/mol. The maximum absolute atomic E-state index is 15.1. The summed E-state index contributed by atoms with van der Waals surface area (Å²) in [5.74, 6) is 1.06. The Balaban J connectivity index is 1.38. The summed E-state index contributed by atoms with van der Waals surface area (Å²) in [7, 11) is 1.91. The molecule has 0 bridgehead atoms. The number of halogens is 2. The van der Waals surface area contributed by atoms with E-state index in [2.05, 4.69) is 83.2 Å². The molecule has 1 aliphatic heterocycles. The van der Waals surface area contributed by atoms with Crippen LogP contribution in [-0.2, 0) is 40.0 Å². The van der Waals surface area contributed by atoms with Crippen molar-refractivity contribution in [3.05, 3.63) is 112 Å². The molecule has 0 saturated heterocycles. The molecule has 3 aromatic carbocycles. The van der Waals surface area contributed by atoms with E-state index < -0.39 is 8.32 Å². The molecular weight excluding hydrogens is 813 g/mol. The molecule has 1 N–H and O–H groups in total. The predicted octanol–water partition coefficient (Wildman–Crippen LogP) is 10.4. The van der Waals surface area contributed by atoms with Gasteiger partial charge in [-0.3, -0.25) is 19.3 Å². The number of alkyl halides is 1. The van der Waals surface area contributed by atoms with Crippen LogP contribution in [0.3, 0.4) is 0 Å². The van der Waals surface area contributed by atoms with Gasteiger partial charge in [-0.25, -0.2) is 0 Å². The van der Waals surface area contributed by atoms with Crippen LogP contribution in [0.5, 0.6) is 11.5 Å². The van der Waals surface area contributed by atoms with Gasteiger partial charge in [0.25, 0.3) is 5.91 Å². The van der Waals surface area contributed by atoms with E-state index in [0.717, 1.165) is 93.2 Å². The molecule has 0 atom stereocenters. The fourth-order valence-corrected chi connectivity index (χ4v) is 8.47. The van der Waals surface area contributed by atoms with Gasteiger partial charge in [0.2, 0.25) is 8.32 Å². The molecule has 6 rings (SSSR count). The first kappa shape index (κ1) is 39.1. The molecule has 5 aromatic rings. The molecule has 1 amide bonds. The molecule has 2 aromatic heterocycles. The van der Waals surface area contributed by atoms with Gasteiger partial charge in [-0.1, -0.05) is 73.2 Å². The summed E-state index contributed by atoms with van der Waals surface area (Å²) in [6, 6.07) is 21.8. The Morgan fingerprint density at radius 2 is 1.81 bits per heavy atom. The standard InChI is InChI=1S/C42H51ClIN5O3Si/c1-28-35(24-38(46(28)5)36-23-31(43)15-14-30(36)27-48-22-20-34-29(26-48)11-9-13-40(34)50)41(51)49(39-25-45-47(6)37(39)12-10-21-44)32-16-18-33(19-17-32)52-53(7,8)42(2,3)4/h9,11,13-19,23-25,50H,10,12,20-22,26-27H2,1-8H3. The van der Waals surface area contributed by atoms with Crippen molar-refractivity contribution in [2.75, 3.05) is 15.9 Å². The third-order valence-corrected chi connectivity index (χ3v) is 16.5. The zero-order valence-electron chi connectivity index (χ0n) is 32.1. The lowest BCUT2D eigenvalue weighted by molar-refractivity contribution is 0.0998. The number of carbonyl (C=O) groups is 1. The van der Waals surface area contributed by atoms with E-state index in [-0.39, 0.29) is 10.9 Å². The van der Waals surface area contributed by atoms with Crippen LogP contribution in [0.2, 0.25) is 23.2 Å². The number of aromatic nitrogens is 3. The Hall–Kier alpha value is -3.58. The third kappa shape index (κ3) is 8.11. The first-order chi connectivity index (χ1) is 25.1. The van der Waals surface area contributed by atoms with Gasteiger partial charge in [-0.15, -0.1) is 0 Å². The summed E-state index contributed by atoms with van der Waals surface area (Å²) in [6.45, 7) is 15.5. The van der Waals surface area contributed by atoms with Crippen molar-refractivity contribution in [2.24, 2.45) is 14.1 Å². The maximum Gasteiger partial charge on any atom is 0.264 e. The summed E-state index contributed by atoms with van der Waals surface area (Å²) >= 11 is 9.06. The Kier molecular flexibility index (Phi) is 11.5. The van der Waals surface area contributed by atoms with Crippen molar-refractivity contribution in [1.82, 2.24) is 19.2 Å². The van der Waals surface area contributed by atoms with Gasteiger partial charge in [0, 0.05) is 61.4 Å². The molecule has 0 spiro atoms. The Bertz CT molecular complexity index is 2120. The summed E-state index contributed by atoms with van der Waals surface area (Å²) < 4.78 is 11.6. The Morgan fingerprint density at radius 1 is 1.08 bits per heavy atom. The average molecular weight is 864 g/mol. The van der Waals surface area contributed by atoms with Crippen LogP contribution >= 0.6 is 34.2 Å². The number of rotatable bonds is 11. The molecule has 8 nitrogen and oxygen atoms in total. The number of amides is 1. The highest BCUT2D eigenvalue weighted by Crippen LogP contribution is 2.40. The molecule has 53 heavy (non-hydrogen) atoms. The van der Waals surface area contributed by atoms with E-state index in [1.165, 1.54) is 0 Å². The zero-order chi connectivity index (χ0) is 38.2. The van der Waals surface area contributed by atoms with Crippen LogP contribution in [0, 0.1) is 6.92 Å². The molecule has 11 heteroatoms. The van der Waals surface area contributed by atoms with Crippen LogP contribution in [0.4, 0.5) is 11.4 Å². The summed E-state index contributed by atoms with van der Waals surface area (Å²) in [4.78, 5) is 19.3. The normalized spacial score (nSPS) is 13.6. The second-order valence-corrected chi connectivity index (χ2v) is 21.9. The van der Waals surface area contributed by atoms with Gasteiger partial charge in [-0.2, -0.15) is 5.10 Å². The van der Waals surface area contributed by atoms with E-state index in [1.807, 2.05) is 85.3 Å². The summed E-state index contributed by atoms with van der Waals surface area (Å²) in [5, 5.41) is 15.7. The van der Waals surface area contributed by atoms with Crippen molar-refractivity contribution >= 4 is 59.8 Å². The highest BCUT2D eigenvalue weighted by molar-refractivity contribution is 14.1. The molecule has 0 aliphatic carbocycles. The van der Waals surface area contributed by atoms with Crippen LogP contribution in [0.15, 0.2) is 72.9 Å². The second-order valence-electron chi connectivity index (χ2n) is 15.7. The van der Waals surface area contributed by atoms with E-state index in [4.69, 9.17) is 16.0 Å². The minimum Gasteiger partial charge on any atom is -0.544 e. The fraction of sp³-hybridized carbons (Fsp3) is 0.381. The van der Waals surface area contributed by atoms with Gasteiger partial charge in [0.1, 0.15) is 11.5 Å². The number of hydrogen-bond acceptors (Lipinski definition) is 5. The first-order valence-electron chi connectivity index (χ1n) is 18.3. The molecule has 0 unspecified atom stereocenters. The number of anilines is 2. The third-order valence-electron chi connectivity index (χ3n) is 11.1. The Labute approximate surface area is 334 Å². The van der Waals surface area contributed by atoms with Gasteiger partial charge < -0.3 is 14.1 Å². The molecule has 0 fully saturated rings. The van der Waals surface area contributed by atoms with Gasteiger partial charge >= 0.3 is 0 Å². The molecule has 3 heterocycles. The van der Waals surface area contributed by atoms with Crippen molar-refractivity contribution in [1.29, 1.82) is 0 Å². The molecule has 280 valence electrons. The van der Waals surface area contributed by atoms with Crippen molar-refractivity contribution in [3.8, 4) is 22.8 Å². The molecule has 1 aliphatic rings. The number of benzene rings is 3. The predicted molar refractivity (Wildman–Crippen MR) is 228 cm³/mol. The number of carbonyl (C=O) groups excluding carboxylic acids is 1. The highest BCUT2D eigenvalue weighted by atomic mass is 127. The molecule has 0 saturated carbocycles. The van der Waals surface area contributed by atoms with Crippen LogP contribution < -0.4 is 9.33 Å². The second kappa shape index (κ2) is 15.6. The highest BCUT2D eigenvalue weighted by Gasteiger charge is 2.39. The van der Waals surface area contributed by atoms with Crippen LogP contribution in [0.1, 0.15) is 65.6 Å². The fourth-order valence-electron chi connectivity index (χ4n) is 6.88. The lowest BCUT2D eigenvalue weighted by Gasteiger charge is -2.36. The van der Waals surface area contributed by atoms with E-state index in [0.29, 0.717) is 22.9 Å². The number of phenolic OH excluding ortho intramolecular Hbond substituents is 1. The minimum atomic E-state index is -2.05. The Morgan fingerprint density at radius 3 is 2.51 bits per heavy atom. The van der Waals surface area contributed by atoms with Gasteiger partial charge in [0.05, 0.1) is 23.1 Å². The first-order valence-corrected chi connectivity index (χ1v) is 23.1. The zero-order valence-corrected chi connectivity index (χ0v) is 36.0. The minimum absolute atomic E-state index is 0.0610. The smallest absolute Gasteiger partial charge is 0.264 e. The SMILES string of the molecule is Cc1c(C(=O)N(c2ccc(O[Si](C)(C)C(C)(C)C)cc2)c2cnn(C)c2CCCI)cc(-c2cc(Cl)ccc2CN2CCc3c(O)cccc3C2)n1C. The summed E-state index contributed by atoms with van der Waals surface area (Å²) in [5.41, 5.74) is 9.26. The number of phenols is 1. The lowest BCUT2D eigenvalue weighted by atomic mass is 9.97. The molecular formula is C42H51ClIN5O3Si. The van der Waals surface area contributed by atoms with Crippen molar-refractivity contribution in [3.63, 3.8) is 0 Å². The number of hydrogen-bond donors (Lipinski definition) is 1. The topological polar surface area (TPSA) is 75.8 Å². The van der Waals surface area contributed by atoms with E-state index >= 15 is 4.79 Å². The van der Waals surface area contributed by atoms with E-state index in [1.54, 1.807) is 6.07 Å². The van der Waals surface area contributed by atoms with Gasteiger partial charge in [0.15, 0.2) is 0 Å². The lowest BCUT2D eigenvalue weighted by Crippen LogP contribution is -2.43. The number of aromatic hydroxyl groups is 1. The number of fused-ring (bicyclic) bond motifs is 1. The van der Waals surface area contributed by atoms with Gasteiger partial charge in [-0.05, 0) is 114 Å². The molecule has 0 radical (unpaired) electrons. The largest absolute Gasteiger partial charge is 0.544 e.